The van der Waals surface area contributed by atoms with Crippen LogP contribution in [0.1, 0.15) is 10.4 Å². The highest BCUT2D eigenvalue weighted by Gasteiger charge is 2.07. The number of carbonyl (C=O) groups excluding carboxylic acids is 1. The summed E-state index contributed by atoms with van der Waals surface area (Å²) in [4.78, 5) is 24.7. The molecule has 0 saturated heterocycles. The molecule has 0 aliphatic carbocycles. The highest BCUT2D eigenvalue weighted by molar-refractivity contribution is 5.95. The summed E-state index contributed by atoms with van der Waals surface area (Å²) >= 11 is 0. The molecule has 0 aliphatic heterocycles. The molecule has 5 heteroatoms. The number of carbonyl (C=O) groups is 1. The average molecular weight is 166 g/mol. The molecule has 0 aromatic heterocycles. The Morgan fingerprint density at radius 3 is 2.67 bits per heavy atom. The number of para-hydroxylation sites is 1. The molecule has 0 atom stereocenters. The first-order chi connectivity index (χ1) is 5.75. The van der Waals surface area contributed by atoms with Gasteiger partial charge in [0.1, 0.15) is 0 Å². The van der Waals surface area contributed by atoms with E-state index in [1.807, 2.05) is 0 Å². The summed E-state index contributed by atoms with van der Waals surface area (Å²) in [6, 6.07) is 6.09. The summed E-state index contributed by atoms with van der Waals surface area (Å²) in [7, 11) is 0. The second-order valence-electron chi connectivity index (χ2n) is 2.03. The van der Waals surface area contributed by atoms with Gasteiger partial charge in [0, 0.05) is 0 Å². The zero-order valence-electron chi connectivity index (χ0n) is 6.06. The Balaban J connectivity index is 3.07. The van der Waals surface area contributed by atoms with E-state index in [2.05, 4.69) is 10.2 Å². The molecule has 1 rings (SSSR count). The van der Waals surface area contributed by atoms with E-state index in [1.54, 1.807) is 12.1 Å². The maximum Gasteiger partial charge on any atom is 0.252 e. The third-order valence-electron chi connectivity index (χ3n) is 1.29. The minimum atomic E-state index is -0.658. The molecule has 0 unspecified atom stereocenters. The Hall–Kier alpha value is -1.91. The van der Waals surface area contributed by atoms with Crippen molar-refractivity contribution < 1.29 is 9.63 Å². The summed E-state index contributed by atoms with van der Waals surface area (Å²) in [5.41, 5.74) is 5.12. The van der Waals surface area contributed by atoms with Crippen LogP contribution in [-0.4, -0.2) is 5.91 Å². The molecule has 5 nitrogen and oxygen atoms in total. The fourth-order valence-corrected chi connectivity index (χ4v) is 0.790. The molecule has 1 amide bonds. The van der Waals surface area contributed by atoms with E-state index in [0.29, 0.717) is 0 Å². The summed E-state index contributed by atoms with van der Waals surface area (Å²) in [6.45, 7) is 0. The minimum Gasteiger partial charge on any atom is -0.365 e. The van der Waals surface area contributed by atoms with Crippen LogP contribution < -0.4 is 10.6 Å². The maximum absolute atomic E-state index is 10.7. The highest BCUT2D eigenvalue weighted by atomic mass is 16.7. The van der Waals surface area contributed by atoms with Gasteiger partial charge in [-0.1, -0.05) is 12.1 Å². The van der Waals surface area contributed by atoms with Crippen molar-refractivity contribution in [3.8, 4) is 5.75 Å². The van der Waals surface area contributed by atoms with Gasteiger partial charge in [-0.3, -0.25) is 4.79 Å². The number of benzene rings is 1. The van der Waals surface area contributed by atoms with Crippen LogP contribution in [0, 0.1) is 4.91 Å². The van der Waals surface area contributed by atoms with Gasteiger partial charge in [0.2, 0.25) is 0 Å². The lowest BCUT2D eigenvalue weighted by Gasteiger charge is -1.99. The number of hydrogen-bond donors (Lipinski definition) is 1. The van der Waals surface area contributed by atoms with Gasteiger partial charge in [-0.15, -0.1) is 4.91 Å². The van der Waals surface area contributed by atoms with E-state index < -0.39 is 5.91 Å². The molecular formula is C7H6N2O3. The fraction of sp³-hybridized carbons (Fsp3) is 0. The predicted molar refractivity (Wildman–Crippen MR) is 41.4 cm³/mol. The maximum atomic E-state index is 10.7. The van der Waals surface area contributed by atoms with Gasteiger partial charge in [0.05, 0.1) is 5.56 Å². The van der Waals surface area contributed by atoms with Crippen molar-refractivity contribution in [2.75, 3.05) is 0 Å². The highest BCUT2D eigenvalue weighted by Crippen LogP contribution is 2.16. The molecule has 2 N–H and O–H groups in total. The lowest BCUT2D eigenvalue weighted by Crippen LogP contribution is -2.11. The Morgan fingerprint density at radius 2 is 2.08 bits per heavy atom. The van der Waals surface area contributed by atoms with E-state index in [4.69, 9.17) is 5.73 Å². The van der Waals surface area contributed by atoms with Crippen molar-refractivity contribution in [2.24, 2.45) is 11.1 Å². The first-order valence-corrected chi connectivity index (χ1v) is 3.14. The van der Waals surface area contributed by atoms with Crippen LogP contribution >= 0.6 is 0 Å². The minimum absolute atomic E-state index is 0.0694. The van der Waals surface area contributed by atoms with Crippen molar-refractivity contribution in [2.45, 2.75) is 0 Å². The molecule has 0 spiro atoms. The number of nitrogens with two attached hydrogens (primary N) is 1. The third kappa shape index (κ3) is 1.57. The van der Waals surface area contributed by atoms with E-state index in [9.17, 15) is 9.70 Å². The van der Waals surface area contributed by atoms with Crippen molar-refractivity contribution >= 4 is 5.91 Å². The molecule has 0 bridgehead atoms. The first kappa shape index (κ1) is 8.19. The predicted octanol–water partition coefficient (Wildman–Crippen LogP) is 0.846. The molecule has 0 radical (unpaired) electrons. The number of nitrogens with zero attached hydrogens (tertiary/aromatic N) is 1. The second-order valence-corrected chi connectivity index (χ2v) is 2.03. The molecule has 0 aliphatic rings. The van der Waals surface area contributed by atoms with E-state index in [-0.39, 0.29) is 11.3 Å². The zero-order chi connectivity index (χ0) is 8.97. The number of hydrogen-bond acceptors (Lipinski definition) is 4. The summed E-state index contributed by atoms with van der Waals surface area (Å²) < 4.78 is 0. The second kappa shape index (κ2) is 3.47. The lowest BCUT2D eigenvalue weighted by atomic mass is 10.2. The average Bonchev–Trinajstić information content (AvgIpc) is 2.05. The molecule has 1 aromatic carbocycles. The van der Waals surface area contributed by atoms with Crippen LogP contribution in [0.4, 0.5) is 0 Å². The van der Waals surface area contributed by atoms with Gasteiger partial charge in [0.15, 0.2) is 11.1 Å². The van der Waals surface area contributed by atoms with Crippen LogP contribution in [0.25, 0.3) is 0 Å². The van der Waals surface area contributed by atoms with Crippen molar-refractivity contribution in [1.82, 2.24) is 0 Å². The molecule has 0 saturated carbocycles. The Kier molecular flexibility index (Phi) is 2.37. The van der Waals surface area contributed by atoms with Gasteiger partial charge in [-0.25, -0.2) is 0 Å². The molecular weight excluding hydrogens is 160 g/mol. The Morgan fingerprint density at radius 1 is 1.42 bits per heavy atom. The van der Waals surface area contributed by atoms with Gasteiger partial charge >= 0.3 is 0 Å². The van der Waals surface area contributed by atoms with Crippen molar-refractivity contribution in [3.63, 3.8) is 0 Å². The molecule has 1 aromatic rings. The van der Waals surface area contributed by atoms with E-state index in [1.165, 1.54) is 12.1 Å². The smallest absolute Gasteiger partial charge is 0.252 e. The molecule has 0 heterocycles. The largest absolute Gasteiger partial charge is 0.365 e. The normalized spacial score (nSPS) is 9.00. The van der Waals surface area contributed by atoms with E-state index in [0.717, 1.165) is 0 Å². The fourth-order valence-electron chi connectivity index (χ4n) is 0.790. The zero-order valence-corrected chi connectivity index (χ0v) is 6.06. The van der Waals surface area contributed by atoms with Gasteiger partial charge in [-0.2, -0.15) is 0 Å². The number of amides is 1. The summed E-state index contributed by atoms with van der Waals surface area (Å²) in [6.07, 6.45) is 0. The van der Waals surface area contributed by atoms with Gasteiger partial charge in [0.25, 0.3) is 5.91 Å². The van der Waals surface area contributed by atoms with Crippen molar-refractivity contribution in [1.29, 1.82) is 0 Å². The Bertz CT molecular complexity index is 311. The lowest BCUT2D eigenvalue weighted by molar-refractivity contribution is 0.0996. The van der Waals surface area contributed by atoms with Crippen LogP contribution in [0.2, 0.25) is 0 Å². The third-order valence-corrected chi connectivity index (χ3v) is 1.29. The SMILES string of the molecule is NC(=O)c1ccccc1ON=O. The molecule has 0 fully saturated rings. The van der Waals surface area contributed by atoms with Gasteiger partial charge < -0.3 is 10.6 Å². The standard InChI is InChI=1S/C7H6N2O3/c8-7(10)5-3-1-2-4-6(5)12-9-11/h1-4H,(H2,8,10). The summed E-state index contributed by atoms with van der Waals surface area (Å²) in [5, 5.41) is 2.19. The van der Waals surface area contributed by atoms with Crippen LogP contribution in [0.3, 0.4) is 0 Å². The number of rotatable bonds is 3. The topological polar surface area (TPSA) is 81.8 Å². The van der Waals surface area contributed by atoms with Crippen LogP contribution in [0.15, 0.2) is 29.6 Å². The Labute approximate surface area is 68.1 Å². The quantitative estimate of drug-likeness (QED) is 0.533. The summed E-state index contributed by atoms with van der Waals surface area (Å²) in [5.74, 6) is -0.589. The number of primary amides is 1. The molecule has 12 heavy (non-hydrogen) atoms. The van der Waals surface area contributed by atoms with Crippen LogP contribution in [-0.2, 0) is 0 Å². The molecule has 62 valence electrons. The monoisotopic (exact) mass is 166 g/mol. The van der Waals surface area contributed by atoms with E-state index >= 15 is 0 Å². The van der Waals surface area contributed by atoms with Gasteiger partial charge in [-0.05, 0) is 12.1 Å². The van der Waals surface area contributed by atoms with Crippen LogP contribution in [0.5, 0.6) is 5.75 Å². The first-order valence-electron chi connectivity index (χ1n) is 3.14. The van der Waals surface area contributed by atoms with Crippen molar-refractivity contribution in [3.05, 3.63) is 34.7 Å².